The molecular weight excluding hydrogens is 184 g/mol. The number of rotatable bonds is 2. The van der Waals surface area contributed by atoms with Crippen LogP contribution in [0.2, 0.25) is 0 Å². The standard InChI is InChI=1S/C13H18N2/c1-13(2,14)9-10-5-4-6-12-11(10)7-8-15(12)3/h4-8H,9,14H2,1-3H3. The van der Waals surface area contributed by atoms with Gasteiger partial charge in [0, 0.05) is 29.7 Å². The Balaban J connectivity index is 2.52. The van der Waals surface area contributed by atoms with E-state index in [0.717, 1.165) is 6.42 Å². The second-order valence-electron chi connectivity index (χ2n) is 4.94. The largest absolute Gasteiger partial charge is 0.351 e. The minimum Gasteiger partial charge on any atom is -0.351 e. The normalized spacial score (nSPS) is 12.3. The molecule has 0 aliphatic carbocycles. The number of nitrogens with zero attached hydrogens (tertiary/aromatic N) is 1. The summed E-state index contributed by atoms with van der Waals surface area (Å²) in [6.07, 6.45) is 3.01. The number of benzene rings is 1. The first-order valence-corrected chi connectivity index (χ1v) is 5.29. The minimum absolute atomic E-state index is 0.149. The van der Waals surface area contributed by atoms with E-state index in [1.165, 1.54) is 16.5 Å². The zero-order chi connectivity index (χ0) is 11.1. The highest BCUT2D eigenvalue weighted by Crippen LogP contribution is 2.22. The predicted octanol–water partition coefficient (Wildman–Crippen LogP) is 2.46. The Labute approximate surface area is 90.7 Å². The molecule has 1 heterocycles. The summed E-state index contributed by atoms with van der Waals surface area (Å²) in [4.78, 5) is 0. The van der Waals surface area contributed by atoms with Crippen molar-refractivity contribution in [2.24, 2.45) is 12.8 Å². The monoisotopic (exact) mass is 202 g/mol. The topological polar surface area (TPSA) is 30.9 Å². The molecule has 0 aliphatic rings. The maximum atomic E-state index is 6.06. The third kappa shape index (κ3) is 2.05. The highest BCUT2D eigenvalue weighted by atomic mass is 14.9. The maximum Gasteiger partial charge on any atom is 0.0480 e. The van der Waals surface area contributed by atoms with E-state index < -0.39 is 0 Å². The van der Waals surface area contributed by atoms with Gasteiger partial charge >= 0.3 is 0 Å². The summed E-state index contributed by atoms with van der Waals surface area (Å²) in [7, 11) is 2.07. The highest BCUT2D eigenvalue weighted by molar-refractivity contribution is 5.83. The minimum atomic E-state index is -0.149. The molecule has 2 nitrogen and oxygen atoms in total. The molecule has 0 unspecified atom stereocenters. The molecule has 15 heavy (non-hydrogen) atoms. The molecule has 2 N–H and O–H groups in total. The van der Waals surface area contributed by atoms with Gasteiger partial charge in [0.1, 0.15) is 0 Å². The average Bonchev–Trinajstić information content (AvgIpc) is 2.47. The Morgan fingerprint density at radius 1 is 1.27 bits per heavy atom. The molecule has 2 heteroatoms. The molecular formula is C13H18N2. The molecule has 0 bridgehead atoms. The van der Waals surface area contributed by atoms with Crippen molar-refractivity contribution in [1.29, 1.82) is 0 Å². The molecule has 1 aromatic heterocycles. The van der Waals surface area contributed by atoms with Crippen LogP contribution >= 0.6 is 0 Å². The van der Waals surface area contributed by atoms with Gasteiger partial charge in [0.15, 0.2) is 0 Å². The fourth-order valence-corrected chi connectivity index (χ4v) is 2.01. The van der Waals surface area contributed by atoms with Gasteiger partial charge in [0.25, 0.3) is 0 Å². The fourth-order valence-electron chi connectivity index (χ4n) is 2.01. The Kier molecular flexibility index (Phi) is 2.31. The Hall–Kier alpha value is -1.28. The zero-order valence-electron chi connectivity index (χ0n) is 9.62. The number of fused-ring (bicyclic) bond motifs is 1. The molecule has 0 spiro atoms. The van der Waals surface area contributed by atoms with Crippen molar-refractivity contribution < 1.29 is 0 Å². The van der Waals surface area contributed by atoms with Crippen LogP contribution in [0.4, 0.5) is 0 Å². The smallest absolute Gasteiger partial charge is 0.0480 e. The lowest BCUT2D eigenvalue weighted by Gasteiger charge is -2.18. The summed E-state index contributed by atoms with van der Waals surface area (Å²) in [6.45, 7) is 4.13. The highest BCUT2D eigenvalue weighted by Gasteiger charge is 2.14. The van der Waals surface area contributed by atoms with Crippen LogP contribution in [0.1, 0.15) is 19.4 Å². The number of aryl methyl sites for hydroxylation is 1. The molecule has 0 aliphatic heterocycles. The summed E-state index contributed by atoms with van der Waals surface area (Å²) in [5.41, 5.74) is 8.52. The summed E-state index contributed by atoms with van der Waals surface area (Å²) in [6, 6.07) is 8.57. The molecule has 1 aromatic carbocycles. The molecule has 80 valence electrons. The van der Waals surface area contributed by atoms with Gasteiger partial charge in [-0.1, -0.05) is 12.1 Å². The van der Waals surface area contributed by atoms with Gasteiger partial charge in [-0.25, -0.2) is 0 Å². The molecule has 0 atom stereocenters. The van der Waals surface area contributed by atoms with E-state index in [1.807, 2.05) is 0 Å². The molecule has 0 radical (unpaired) electrons. The van der Waals surface area contributed by atoms with E-state index in [0.29, 0.717) is 0 Å². The van der Waals surface area contributed by atoms with Gasteiger partial charge in [-0.05, 0) is 38.0 Å². The summed E-state index contributed by atoms with van der Waals surface area (Å²) in [5.74, 6) is 0. The van der Waals surface area contributed by atoms with E-state index in [4.69, 9.17) is 5.73 Å². The summed E-state index contributed by atoms with van der Waals surface area (Å²) >= 11 is 0. The molecule has 0 amide bonds. The Morgan fingerprint density at radius 2 is 2.00 bits per heavy atom. The van der Waals surface area contributed by atoms with Crippen molar-refractivity contribution in [3.63, 3.8) is 0 Å². The van der Waals surface area contributed by atoms with Crippen molar-refractivity contribution in [2.45, 2.75) is 25.8 Å². The van der Waals surface area contributed by atoms with Crippen LogP contribution in [0, 0.1) is 0 Å². The van der Waals surface area contributed by atoms with Crippen LogP contribution in [-0.4, -0.2) is 10.1 Å². The van der Waals surface area contributed by atoms with Gasteiger partial charge in [0.2, 0.25) is 0 Å². The zero-order valence-corrected chi connectivity index (χ0v) is 9.62. The lowest BCUT2D eigenvalue weighted by atomic mass is 9.94. The van der Waals surface area contributed by atoms with Gasteiger partial charge in [-0.3, -0.25) is 0 Å². The first kappa shape index (κ1) is 10.2. The second kappa shape index (κ2) is 3.38. The van der Waals surface area contributed by atoms with Crippen LogP contribution in [-0.2, 0) is 13.5 Å². The average molecular weight is 202 g/mol. The van der Waals surface area contributed by atoms with Crippen molar-refractivity contribution >= 4 is 10.9 Å². The van der Waals surface area contributed by atoms with Crippen LogP contribution < -0.4 is 5.73 Å². The van der Waals surface area contributed by atoms with E-state index in [-0.39, 0.29) is 5.54 Å². The maximum absolute atomic E-state index is 6.06. The van der Waals surface area contributed by atoms with Gasteiger partial charge < -0.3 is 10.3 Å². The number of hydrogen-bond acceptors (Lipinski definition) is 1. The first-order chi connectivity index (χ1) is 6.97. The molecule has 2 aromatic rings. The third-order valence-electron chi connectivity index (χ3n) is 2.66. The van der Waals surface area contributed by atoms with Crippen LogP contribution in [0.25, 0.3) is 10.9 Å². The number of nitrogens with two attached hydrogens (primary N) is 1. The van der Waals surface area contributed by atoms with Crippen LogP contribution in [0.5, 0.6) is 0 Å². The number of aromatic nitrogens is 1. The Bertz CT molecular complexity index is 475. The third-order valence-corrected chi connectivity index (χ3v) is 2.66. The molecule has 2 rings (SSSR count). The van der Waals surface area contributed by atoms with E-state index in [9.17, 15) is 0 Å². The predicted molar refractivity (Wildman–Crippen MR) is 64.9 cm³/mol. The van der Waals surface area contributed by atoms with Gasteiger partial charge in [-0.15, -0.1) is 0 Å². The van der Waals surface area contributed by atoms with E-state index >= 15 is 0 Å². The quantitative estimate of drug-likeness (QED) is 0.796. The lowest BCUT2D eigenvalue weighted by molar-refractivity contribution is 0.518. The van der Waals surface area contributed by atoms with E-state index in [2.05, 4.69) is 55.9 Å². The number of hydrogen-bond donors (Lipinski definition) is 1. The van der Waals surface area contributed by atoms with Crippen molar-refractivity contribution in [3.8, 4) is 0 Å². The van der Waals surface area contributed by atoms with Crippen molar-refractivity contribution in [1.82, 2.24) is 4.57 Å². The van der Waals surface area contributed by atoms with Crippen LogP contribution in [0.15, 0.2) is 30.5 Å². The fraction of sp³-hybridized carbons (Fsp3) is 0.385. The SMILES string of the molecule is Cn1ccc2c(CC(C)(C)N)cccc21. The lowest BCUT2D eigenvalue weighted by Crippen LogP contribution is -2.34. The first-order valence-electron chi connectivity index (χ1n) is 5.29. The van der Waals surface area contributed by atoms with Crippen molar-refractivity contribution in [2.75, 3.05) is 0 Å². The molecule has 0 saturated heterocycles. The molecule has 0 fully saturated rings. The van der Waals surface area contributed by atoms with Crippen LogP contribution in [0.3, 0.4) is 0 Å². The summed E-state index contributed by atoms with van der Waals surface area (Å²) < 4.78 is 2.14. The van der Waals surface area contributed by atoms with Gasteiger partial charge in [-0.2, -0.15) is 0 Å². The van der Waals surface area contributed by atoms with Crippen molar-refractivity contribution in [3.05, 3.63) is 36.0 Å². The van der Waals surface area contributed by atoms with Gasteiger partial charge in [0.05, 0.1) is 0 Å². The van der Waals surface area contributed by atoms with E-state index in [1.54, 1.807) is 0 Å². The Morgan fingerprint density at radius 3 is 2.67 bits per heavy atom. The summed E-state index contributed by atoms with van der Waals surface area (Å²) in [5, 5.41) is 1.32. The second-order valence-corrected chi connectivity index (χ2v) is 4.94. The molecule has 0 saturated carbocycles.